The van der Waals surface area contributed by atoms with Gasteiger partial charge in [-0.3, -0.25) is 9.59 Å². The van der Waals surface area contributed by atoms with Gasteiger partial charge in [0.2, 0.25) is 23.3 Å². The molecule has 3 fully saturated rings. The summed E-state index contributed by atoms with van der Waals surface area (Å²) in [6.07, 6.45) is 4.58. The van der Waals surface area contributed by atoms with Crippen molar-refractivity contribution in [1.82, 2.24) is 20.6 Å². The molecule has 0 aliphatic heterocycles. The van der Waals surface area contributed by atoms with Gasteiger partial charge in [-0.05, 0) is 56.4 Å². The first kappa shape index (κ1) is 23.2. The highest BCUT2D eigenvalue weighted by molar-refractivity contribution is 5.93. The summed E-state index contributed by atoms with van der Waals surface area (Å²) < 4.78 is 11.4. The van der Waals surface area contributed by atoms with E-state index in [9.17, 15) is 14.7 Å². The number of aliphatic hydroxyl groups excluding tert-OH is 1. The molecule has 4 aromatic rings. The molecule has 188 valence electrons. The zero-order valence-electron chi connectivity index (χ0n) is 20.0. The SMILES string of the molecule is O=C(NC12CCC(NC(=O)c3cnc(-c4ccccc4)o3)(CC1)[C@H](O)C2)c1cnc(-c2ccccc2)o1. The van der Waals surface area contributed by atoms with E-state index < -0.39 is 23.1 Å². The smallest absolute Gasteiger partial charge is 0.289 e. The van der Waals surface area contributed by atoms with Gasteiger partial charge < -0.3 is 24.6 Å². The maximum atomic E-state index is 13.0. The molecule has 3 aliphatic carbocycles. The van der Waals surface area contributed by atoms with Crippen molar-refractivity contribution < 1.29 is 23.5 Å². The molecule has 7 rings (SSSR count). The Morgan fingerprint density at radius 3 is 1.73 bits per heavy atom. The number of oxazole rings is 2. The van der Waals surface area contributed by atoms with Gasteiger partial charge in [0.25, 0.3) is 11.8 Å². The first-order chi connectivity index (χ1) is 18.0. The van der Waals surface area contributed by atoms with Crippen LogP contribution < -0.4 is 10.6 Å². The molecule has 2 amide bonds. The molecule has 1 atom stereocenters. The largest absolute Gasteiger partial charge is 0.431 e. The van der Waals surface area contributed by atoms with Crippen molar-refractivity contribution in [2.24, 2.45) is 0 Å². The van der Waals surface area contributed by atoms with E-state index in [1.54, 1.807) is 0 Å². The first-order valence-corrected chi connectivity index (χ1v) is 12.3. The van der Waals surface area contributed by atoms with Gasteiger partial charge in [0.15, 0.2) is 0 Å². The second-order valence-electron chi connectivity index (χ2n) is 9.86. The number of aromatic nitrogens is 2. The molecule has 37 heavy (non-hydrogen) atoms. The van der Waals surface area contributed by atoms with Crippen LogP contribution >= 0.6 is 0 Å². The summed E-state index contributed by atoms with van der Waals surface area (Å²) in [5.74, 6) is 0.173. The molecule has 3 N–H and O–H groups in total. The van der Waals surface area contributed by atoms with Crippen LogP contribution in [0.3, 0.4) is 0 Å². The van der Waals surface area contributed by atoms with E-state index in [4.69, 9.17) is 8.83 Å². The van der Waals surface area contributed by atoms with Gasteiger partial charge in [-0.25, -0.2) is 9.97 Å². The van der Waals surface area contributed by atoms with Crippen molar-refractivity contribution in [2.75, 3.05) is 0 Å². The highest BCUT2D eigenvalue weighted by Gasteiger charge is 2.55. The van der Waals surface area contributed by atoms with Gasteiger partial charge in [-0.15, -0.1) is 0 Å². The number of amides is 2. The van der Waals surface area contributed by atoms with Crippen LogP contribution in [0.25, 0.3) is 22.9 Å². The Morgan fingerprint density at radius 2 is 1.24 bits per heavy atom. The molecule has 2 bridgehead atoms. The number of nitrogens with one attached hydrogen (secondary N) is 2. The Kier molecular flexibility index (Phi) is 5.64. The summed E-state index contributed by atoms with van der Waals surface area (Å²) in [7, 11) is 0. The Labute approximate surface area is 212 Å². The Bertz CT molecular complexity index is 1420. The molecule has 0 spiro atoms. The molecule has 2 aromatic carbocycles. The summed E-state index contributed by atoms with van der Waals surface area (Å²) in [6.45, 7) is 0. The van der Waals surface area contributed by atoms with Crippen LogP contribution in [0, 0.1) is 0 Å². The molecule has 3 saturated carbocycles. The fraction of sp³-hybridized carbons (Fsp3) is 0.286. The van der Waals surface area contributed by atoms with Gasteiger partial charge in [0.05, 0.1) is 24.0 Å². The van der Waals surface area contributed by atoms with Crippen LogP contribution in [0.1, 0.15) is 53.2 Å². The molecular weight excluding hydrogens is 472 g/mol. The van der Waals surface area contributed by atoms with E-state index in [1.807, 2.05) is 60.7 Å². The maximum absolute atomic E-state index is 13.0. The van der Waals surface area contributed by atoms with Crippen molar-refractivity contribution in [1.29, 1.82) is 0 Å². The minimum absolute atomic E-state index is 0.0932. The third kappa shape index (κ3) is 4.31. The molecule has 0 unspecified atom stereocenters. The number of hydrogen-bond donors (Lipinski definition) is 3. The number of fused-ring (bicyclic) bond motifs is 3. The Morgan fingerprint density at radius 1 is 0.757 bits per heavy atom. The predicted octanol–water partition coefficient (Wildman–Crippen LogP) is 3.97. The second kappa shape index (κ2) is 9.01. The van der Waals surface area contributed by atoms with Gasteiger partial charge in [0, 0.05) is 16.7 Å². The van der Waals surface area contributed by atoms with E-state index in [-0.39, 0.29) is 17.4 Å². The molecule has 9 heteroatoms. The summed E-state index contributed by atoms with van der Waals surface area (Å²) in [6, 6.07) is 18.7. The first-order valence-electron chi connectivity index (χ1n) is 12.3. The Hall–Kier alpha value is -4.24. The topological polar surface area (TPSA) is 130 Å². The van der Waals surface area contributed by atoms with Crippen LogP contribution in [0.15, 0.2) is 81.9 Å². The minimum Gasteiger partial charge on any atom is -0.431 e. The van der Waals surface area contributed by atoms with Crippen LogP contribution in [0.5, 0.6) is 0 Å². The number of carbonyl (C=O) groups is 2. The third-order valence-electron chi connectivity index (χ3n) is 7.56. The number of carbonyl (C=O) groups excluding carboxylic acids is 2. The van der Waals surface area contributed by atoms with Crippen LogP contribution in [0.4, 0.5) is 0 Å². The van der Waals surface area contributed by atoms with Crippen molar-refractivity contribution in [3.8, 4) is 22.9 Å². The lowest BCUT2D eigenvalue weighted by atomic mass is 9.60. The van der Waals surface area contributed by atoms with Crippen LogP contribution in [0.2, 0.25) is 0 Å². The normalized spacial score (nSPS) is 24.5. The lowest BCUT2D eigenvalue weighted by molar-refractivity contribution is -0.0559. The van der Waals surface area contributed by atoms with E-state index in [1.165, 1.54) is 12.4 Å². The number of hydrogen-bond acceptors (Lipinski definition) is 7. The zero-order chi connectivity index (χ0) is 25.5. The van der Waals surface area contributed by atoms with Crippen LogP contribution in [-0.2, 0) is 0 Å². The van der Waals surface area contributed by atoms with Crippen molar-refractivity contribution in [3.63, 3.8) is 0 Å². The predicted molar refractivity (Wildman–Crippen MR) is 133 cm³/mol. The second-order valence-corrected chi connectivity index (χ2v) is 9.86. The summed E-state index contributed by atoms with van der Waals surface area (Å²) in [5.41, 5.74) is 0.206. The van der Waals surface area contributed by atoms with Gasteiger partial charge >= 0.3 is 0 Å². The third-order valence-corrected chi connectivity index (χ3v) is 7.56. The monoisotopic (exact) mass is 498 g/mol. The number of nitrogens with zero attached hydrogens (tertiary/aromatic N) is 2. The fourth-order valence-corrected chi connectivity index (χ4v) is 5.44. The van der Waals surface area contributed by atoms with E-state index in [0.717, 1.165) is 11.1 Å². The van der Waals surface area contributed by atoms with Gasteiger partial charge in [0.1, 0.15) is 0 Å². The maximum Gasteiger partial charge on any atom is 0.289 e. The molecule has 3 aliphatic rings. The summed E-state index contributed by atoms with van der Waals surface area (Å²) in [5, 5.41) is 17.2. The van der Waals surface area contributed by atoms with E-state index in [2.05, 4.69) is 20.6 Å². The average molecular weight is 499 g/mol. The van der Waals surface area contributed by atoms with Crippen molar-refractivity contribution in [3.05, 3.63) is 84.6 Å². The lowest BCUT2D eigenvalue weighted by Gasteiger charge is -2.56. The lowest BCUT2D eigenvalue weighted by Crippen LogP contribution is -2.70. The van der Waals surface area contributed by atoms with E-state index >= 15 is 0 Å². The molecule has 0 saturated heterocycles. The highest BCUT2D eigenvalue weighted by atomic mass is 16.4. The number of rotatable bonds is 6. The minimum atomic E-state index is -0.828. The molecule has 0 radical (unpaired) electrons. The Balaban J connectivity index is 1.11. The summed E-state index contributed by atoms with van der Waals surface area (Å²) in [4.78, 5) is 34.4. The van der Waals surface area contributed by atoms with Gasteiger partial charge in [-0.2, -0.15) is 0 Å². The average Bonchev–Trinajstić information content (AvgIpc) is 3.62. The van der Waals surface area contributed by atoms with Crippen LogP contribution in [-0.4, -0.2) is 44.1 Å². The zero-order valence-corrected chi connectivity index (χ0v) is 20.0. The standard InChI is InChI=1S/C28H26N4O5/c33-22-15-27(31-23(34)20-16-29-25(36-20)18-7-3-1-4-8-18)11-13-28(22,14-12-27)32-24(35)21-17-30-26(37-21)19-9-5-2-6-10-19/h1-10,16-17,22,33H,11-15H2,(H,31,34)(H,32,35)/t22-,27?,28?/m1/s1. The summed E-state index contributed by atoms with van der Waals surface area (Å²) >= 11 is 0. The van der Waals surface area contributed by atoms with Gasteiger partial charge in [-0.1, -0.05) is 36.4 Å². The molecule has 2 heterocycles. The molecule has 2 aromatic heterocycles. The molecular formula is C28H26N4O5. The number of aliphatic hydroxyl groups is 1. The molecule has 9 nitrogen and oxygen atoms in total. The van der Waals surface area contributed by atoms with Crippen molar-refractivity contribution >= 4 is 11.8 Å². The van der Waals surface area contributed by atoms with E-state index in [0.29, 0.717) is 43.9 Å². The highest BCUT2D eigenvalue weighted by Crippen LogP contribution is 2.47. The van der Waals surface area contributed by atoms with Crippen molar-refractivity contribution in [2.45, 2.75) is 49.3 Å². The number of benzene rings is 2. The quantitative estimate of drug-likeness (QED) is 0.367. The fourth-order valence-electron chi connectivity index (χ4n) is 5.44.